The monoisotopic (exact) mass is 522 g/mol. The Morgan fingerprint density at radius 3 is 2.64 bits per heavy atom. The molecule has 4 rings (SSSR count). The molecule has 7 heteroatoms. The molecule has 9 atom stereocenters. The minimum absolute atomic E-state index is 0.0550. The van der Waals surface area contributed by atoms with E-state index in [2.05, 4.69) is 6.92 Å². The van der Waals surface area contributed by atoms with E-state index >= 15 is 0 Å². The van der Waals surface area contributed by atoms with E-state index in [1.54, 1.807) is 12.2 Å². The van der Waals surface area contributed by atoms with E-state index in [4.69, 9.17) is 16.3 Å². The van der Waals surface area contributed by atoms with E-state index in [1.165, 1.54) is 0 Å². The maximum Gasteiger partial charge on any atom is 0.190 e. The number of ether oxygens (including phenoxy) is 1. The third kappa shape index (κ3) is 3.81. The number of unbranched alkanes of at least 4 members (excludes halogenated alkanes) is 3. The Hall–Kier alpha value is -1.05. The molecule has 0 spiro atoms. The Balaban J connectivity index is 1.72. The fourth-order valence-electron chi connectivity index (χ4n) is 8.58. The van der Waals surface area contributed by atoms with Gasteiger partial charge >= 0.3 is 0 Å². The highest BCUT2D eigenvalue weighted by Crippen LogP contribution is 2.72. The first-order chi connectivity index (χ1) is 16.9. The van der Waals surface area contributed by atoms with Gasteiger partial charge in [0.1, 0.15) is 12.2 Å². The van der Waals surface area contributed by atoms with Crippen LogP contribution >= 0.6 is 11.6 Å². The van der Waals surface area contributed by atoms with Gasteiger partial charge in [-0.3, -0.25) is 9.59 Å². The Morgan fingerprint density at radius 1 is 1.25 bits per heavy atom. The van der Waals surface area contributed by atoms with Crippen LogP contribution in [0.25, 0.3) is 0 Å². The first-order valence-corrected chi connectivity index (χ1v) is 14.1. The van der Waals surface area contributed by atoms with E-state index in [-0.39, 0.29) is 30.0 Å². The number of carbonyl (C=O) groups excluding carboxylic acids is 2. The molecular formula is C29H43ClO6. The van der Waals surface area contributed by atoms with Crippen molar-refractivity contribution < 1.29 is 29.6 Å². The summed E-state index contributed by atoms with van der Waals surface area (Å²) in [7, 11) is 0. The summed E-state index contributed by atoms with van der Waals surface area (Å²) in [5.74, 6) is -0.946. The number of Topliss-reactive ketones (excluding diaryl/α,β-unsaturated/α-hetero) is 1. The fraction of sp³-hybridized carbons (Fsp3) is 0.793. The number of carbonyl (C=O) groups is 2. The average molecular weight is 523 g/mol. The number of aliphatic hydroxyl groups excluding tert-OH is 3. The minimum atomic E-state index is -1.41. The second kappa shape index (κ2) is 9.92. The molecule has 6 nitrogen and oxygen atoms in total. The summed E-state index contributed by atoms with van der Waals surface area (Å²) in [6, 6.07) is 0. The Labute approximate surface area is 220 Å². The largest absolute Gasteiger partial charge is 0.391 e. The van der Waals surface area contributed by atoms with Crippen LogP contribution in [0.2, 0.25) is 0 Å². The molecule has 202 valence electrons. The summed E-state index contributed by atoms with van der Waals surface area (Å²) in [6.07, 6.45) is 9.57. The summed E-state index contributed by atoms with van der Waals surface area (Å²) >= 11 is 7.50. The van der Waals surface area contributed by atoms with Crippen molar-refractivity contribution in [3.05, 3.63) is 23.8 Å². The SMILES string of the molecule is CCCCCCC(O)OC1(C(=O)CO)C(C)CC2C3CCC4=CC(=O)C=CC4(C)C3(Cl)C(O)CC21C. The van der Waals surface area contributed by atoms with Gasteiger partial charge in [0.05, 0.1) is 11.0 Å². The van der Waals surface area contributed by atoms with Crippen LogP contribution in [-0.4, -0.2) is 56.4 Å². The van der Waals surface area contributed by atoms with Crippen molar-refractivity contribution >= 4 is 23.2 Å². The number of alkyl halides is 1. The second-order valence-corrected chi connectivity index (χ2v) is 12.8. The summed E-state index contributed by atoms with van der Waals surface area (Å²) < 4.78 is 6.35. The smallest absolute Gasteiger partial charge is 0.190 e. The van der Waals surface area contributed by atoms with Gasteiger partial charge in [0, 0.05) is 10.8 Å². The van der Waals surface area contributed by atoms with Crippen molar-refractivity contribution in [2.75, 3.05) is 6.61 Å². The zero-order valence-electron chi connectivity index (χ0n) is 22.1. The van der Waals surface area contributed by atoms with Crippen molar-refractivity contribution in [2.24, 2.45) is 28.6 Å². The lowest BCUT2D eigenvalue weighted by molar-refractivity contribution is -0.248. The average Bonchev–Trinajstić information content (AvgIpc) is 3.04. The van der Waals surface area contributed by atoms with Crippen LogP contribution < -0.4 is 0 Å². The molecule has 3 fully saturated rings. The van der Waals surface area contributed by atoms with Crippen LogP contribution in [0.1, 0.15) is 85.5 Å². The topological polar surface area (TPSA) is 104 Å². The van der Waals surface area contributed by atoms with Gasteiger partial charge in [-0.1, -0.05) is 58.6 Å². The van der Waals surface area contributed by atoms with Gasteiger partial charge in [0.2, 0.25) is 0 Å². The van der Waals surface area contributed by atoms with Crippen LogP contribution in [-0.2, 0) is 14.3 Å². The first kappa shape index (κ1) is 28.0. The number of rotatable bonds is 9. The highest BCUT2D eigenvalue weighted by atomic mass is 35.5. The normalized spacial score (nSPS) is 44.4. The number of allylic oxidation sites excluding steroid dienone is 4. The highest BCUT2D eigenvalue weighted by molar-refractivity contribution is 6.26. The molecule has 0 radical (unpaired) electrons. The summed E-state index contributed by atoms with van der Waals surface area (Å²) in [6.45, 7) is 7.38. The quantitative estimate of drug-likeness (QED) is 0.234. The number of halogens is 1. The predicted molar refractivity (Wildman–Crippen MR) is 138 cm³/mol. The molecule has 3 N–H and O–H groups in total. The Kier molecular flexibility index (Phi) is 7.71. The summed E-state index contributed by atoms with van der Waals surface area (Å²) in [4.78, 5) is 24.6. The fourth-order valence-corrected chi connectivity index (χ4v) is 9.10. The van der Waals surface area contributed by atoms with E-state index in [9.17, 15) is 24.9 Å². The molecule has 0 aromatic carbocycles. The number of hydrogen-bond donors (Lipinski definition) is 3. The molecular weight excluding hydrogens is 480 g/mol. The number of hydrogen-bond acceptors (Lipinski definition) is 6. The lowest BCUT2D eigenvalue weighted by atomic mass is 9.45. The Morgan fingerprint density at radius 2 is 1.97 bits per heavy atom. The molecule has 9 unspecified atom stereocenters. The highest BCUT2D eigenvalue weighted by Gasteiger charge is 2.75. The minimum Gasteiger partial charge on any atom is -0.391 e. The molecule has 0 aromatic heterocycles. The number of aliphatic hydroxyl groups is 3. The molecule has 0 bridgehead atoms. The molecule has 0 saturated heterocycles. The van der Waals surface area contributed by atoms with Gasteiger partial charge < -0.3 is 20.1 Å². The molecule has 36 heavy (non-hydrogen) atoms. The van der Waals surface area contributed by atoms with Gasteiger partial charge in [-0.15, -0.1) is 11.6 Å². The maximum atomic E-state index is 13.5. The van der Waals surface area contributed by atoms with Gasteiger partial charge in [-0.25, -0.2) is 0 Å². The third-order valence-electron chi connectivity index (χ3n) is 10.4. The molecule has 0 aromatic rings. The van der Waals surface area contributed by atoms with Gasteiger partial charge in [-0.05, 0) is 68.4 Å². The second-order valence-electron chi connectivity index (χ2n) is 12.1. The maximum absolute atomic E-state index is 13.5. The van der Waals surface area contributed by atoms with Crippen LogP contribution in [0.4, 0.5) is 0 Å². The lowest BCUT2D eigenvalue weighted by Gasteiger charge is -2.64. The van der Waals surface area contributed by atoms with Gasteiger partial charge in [0.25, 0.3) is 0 Å². The summed E-state index contributed by atoms with van der Waals surface area (Å²) in [5.41, 5.74) is -1.96. The van der Waals surface area contributed by atoms with Crippen molar-refractivity contribution in [1.29, 1.82) is 0 Å². The molecule has 4 aliphatic rings. The van der Waals surface area contributed by atoms with Gasteiger partial charge in [-0.2, -0.15) is 0 Å². The molecule has 0 aliphatic heterocycles. The van der Waals surface area contributed by atoms with Crippen LogP contribution in [0.5, 0.6) is 0 Å². The number of fused-ring (bicyclic) bond motifs is 5. The molecule has 3 saturated carbocycles. The van der Waals surface area contributed by atoms with Crippen molar-refractivity contribution in [3.8, 4) is 0 Å². The molecule has 0 amide bonds. The van der Waals surface area contributed by atoms with E-state index in [1.807, 2.05) is 26.8 Å². The Bertz CT molecular complexity index is 946. The van der Waals surface area contributed by atoms with Crippen LogP contribution in [0.15, 0.2) is 23.8 Å². The first-order valence-electron chi connectivity index (χ1n) is 13.7. The summed E-state index contributed by atoms with van der Waals surface area (Å²) in [5, 5.41) is 32.8. The zero-order chi connectivity index (χ0) is 26.5. The van der Waals surface area contributed by atoms with Crippen LogP contribution in [0.3, 0.4) is 0 Å². The predicted octanol–water partition coefficient (Wildman–Crippen LogP) is 4.48. The van der Waals surface area contributed by atoms with Gasteiger partial charge in [0.15, 0.2) is 17.9 Å². The zero-order valence-corrected chi connectivity index (χ0v) is 22.9. The van der Waals surface area contributed by atoms with Crippen molar-refractivity contribution in [1.82, 2.24) is 0 Å². The van der Waals surface area contributed by atoms with E-state index in [0.717, 1.165) is 31.3 Å². The molecule has 4 aliphatic carbocycles. The number of ketones is 2. The molecule has 0 heterocycles. The van der Waals surface area contributed by atoms with Crippen LogP contribution in [0, 0.1) is 28.6 Å². The van der Waals surface area contributed by atoms with Crippen molar-refractivity contribution in [3.63, 3.8) is 0 Å². The standard InChI is InChI=1S/C29H43ClO6/c1-5-6-7-8-9-25(35)36-29(24(34)17-31)18(2)14-22-21-11-10-19-15-20(32)12-13-26(19,3)28(21,30)23(33)16-27(22,29)4/h12-13,15,18,21-23,25,31,33,35H,5-11,14,16-17H2,1-4H3. The van der Waals surface area contributed by atoms with E-state index < -0.39 is 46.1 Å². The lowest BCUT2D eigenvalue weighted by Crippen LogP contribution is -2.69. The van der Waals surface area contributed by atoms with Crippen molar-refractivity contribution in [2.45, 2.75) is 108 Å². The third-order valence-corrected chi connectivity index (χ3v) is 11.3. The van der Waals surface area contributed by atoms with E-state index in [0.29, 0.717) is 25.7 Å².